The van der Waals surface area contributed by atoms with Gasteiger partial charge in [-0.25, -0.2) is 0 Å². The molecule has 0 heterocycles. The van der Waals surface area contributed by atoms with Gasteiger partial charge in [0.1, 0.15) is 0 Å². The van der Waals surface area contributed by atoms with Gasteiger partial charge in [-0.15, -0.1) is 23.2 Å². The molecule has 0 saturated heterocycles. The summed E-state index contributed by atoms with van der Waals surface area (Å²) in [5, 5.41) is 18.8. The maximum Gasteiger partial charge on any atom is 2.00 e. The van der Waals surface area contributed by atoms with E-state index in [0.717, 1.165) is 12.8 Å². The second-order valence-corrected chi connectivity index (χ2v) is 4.09. The molecular formula is C14H26Cl2O4Sn. The van der Waals surface area contributed by atoms with E-state index in [4.69, 9.17) is 23.2 Å². The summed E-state index contributed by atoms with van der Waals surface area (Å²) in [6.45, 7) is 11.4. The Morgan fingerprint density at radius 1 is 0.857 bits per heavy atom. The van der Waals surface area contributed by atoms with Gasteiger partial charge in [0.05, 0.1) is 0 Å². The second kappa shape index (κ2) is 37.0. The van der Waals surface area contributed by atoms with Gasteiger partial charge in [-0.1, -0.05) is 53.4 Å². The fraction of sp³-hybridized carbons (Fsp3) is 0.714. The zero-order valence-corrected chi connectivity index (χ0v) is 17.3. The Labute approximate surface area is 156 Å². The van der Waals surface area contributed by atoms with Gasteiger partial charge in [-0.3, -0.25) is 0 Å². The van der Waals surface area contributed by atoms with Gasteiger partial charge in [-0.05, 0) is 0 Å². The third-order valence-corrected chi connectivity index (χ3v) is 1.68. The van der Waals surface area contributed by atoms with Gasteiger partial charge in [0.15, 0.2) is 0 Å². The number of carboxylic acid groups (broad SMARTS) is 2. The molecule has 0 fully saturated rings. The number of alkyl halides is 2. The largest absolute Gasteiger partial charge is 2.00 e. The summed E-state index contributed by atoms with van der Waals surface area (Å²) in [6, 6.07) is 0. The summed E-state index contributed by atoms with van der Waals surface area (Å²) in [6.07, 6.45) is 4.45. The van der Waals surface area contributed by atoms with Crippen LogP contribution in [0.1, 0.15) is 52.4 Å². The molecule has 0 aromatic rings. The van der Waals surface area contributed by atoms with Gasteiger partial charge in [0, 0.05) is 36.5 Å². The average molecular weight is 448 g/mol. The van der Waals surface area contributed by atoms with E-state index in [1.807, 2.05) is 0 Å². The molecule has 21 heavy (non-hydrogen) atoms. The number of carbonyl (C=O) groups is 2. The van der Waals surface area contributed by atoms with E-state index < -0.39 is 11.9 Å². The monoisotopic (exact) mass is 448 g/mol. The Morgan fingerprint density at radius 3 is 1.05 bits per heavy atom. The first kappa shape index (κ1) is 33.1. The van der Waals surface area contributed by atoms with Gasteiger partial charge in [0.25, 0.3) is 0 Å². The molecule has 0 amide bonds. The Balaban J connectivity index is -0.0000000544. The third-order valence-electron chi connectivity index (χ3n) is 1.30. The molecule has 124 valence electrons. The zero-order chi connectivity index (χ0) is 16.8. The summed E-state index contributed by atoms with van der Waals surface area (Å²) in [7, 11) is 0. The van der Waals surface area contributed by atoms with E-state index >= 15 is 0 Å². The van der Waals surface area contributed by atoms with Gasteiger partial charge < -0.3 is 19.8 Å². The van der Waals surface area contributed by atoms with E-state index in [1.165, 1.54) is 12.8 Å². The van der Waals surface area contributed by atoms with E-state index in [1.54, 1.807) is 0 Å². The number of unbranched alkanes of at least 4 members (excludes halogenated alkanes) is 2. The molecule has 4 radical (unpaired) electrons. The van der Waals surface area contributed by atoms with Crippen LogP contribution in [-0.4, -0.2) is 47.6 Å². The molecule has 0 rings (SSSR count). The second-order valence-electron chi connectivity index (χ2n) is 3.33. The Bertz CT molecular complexity index is 170. The number of halogens is 2. The number of hydrogen-bond donors (Lipinski definition) is 0. The Hall–Kier alpha value is 0.319. The smallest absolute Gasteiger partial charge is 0.550 e. The number of carboxylic acids is 2. The topological polar surface area (TPSA) is 80.3 Å². The molecule has 0 saturated carbocycles. The van der Waals surface area contributed by atoms with E-state index in [2.05, 4.69) is 27.7 Å². The third kappa shape index (κ3) is 98.5. The normalized spacial score (nSPS) is 7.52. The van der Waals surface area contributed by atoms with Crippen LogP contribution in [0, 0.1) is 13.8 Å². The van der Waals surface area contributed by atoms with Crippen LogP contribution in [0.3, 0.4) is 0 Å². The molecule has 0 aromatic heterocycles. The molecule has 0 aliphatic carbocycles. The maximum atomic E-state index is 9.40. The van der Waals surface area contributed by atoms with Crippen LogP contribution in [0.2, 0.25) is 0 Å². The number of hydrogen-bond acceptors (Lipinski definition) is 4. The van der Waals surface area contributed by atoms with E-state index in [9.17, 15) is 19.8 Å². The SMILES string of the molecule is O=C([O-])CCCl.O=C([O-])CCCl.[CH2]CCC.[CH2]CCC.[Sn+2]. The van der Waals surface area contributed by atoms with Crippen molar-refractivity contribution in [2.75, 3.05) is 11.8 Å². The van der Waals surface area contributed by atoms with E-state index in [-0.39, 0.29) is 48.5 Å². The van der Waals surface area contributed by atoms with Crippen LogP contribution in [0.15, 0.2) is 0 Å². The number of aliphatic carboxylic acids is 2. The zero-order valence-electron chi connectivity index (χ0n) is 13.0. The maximum absolute atomic E-state index is 9.40. The van der Waals surface area contributed by atoms with Crippen molar-refractivity contribution in [2.45, 2.75) is 52.4 Å². The molecule has 0 aliphatic rings. The van der Waals surface area contributed by atoms with Crippen LogP contribution in [0.5, 0.6) is 0 Å². The standard InChI is InChI=1S/2C4H9.2C3H5ClO2.Sn/c2*1-3-4-2;2*4-2-1-3(5)6;/h2*1,3-4H2,2H3;2*1-2H2,(H,5,6);/q;;;;+2/p-2. The number of carbonyl (C=O) groups excluding carboxylic acids is 2. The molecule has 0 aliphatic heterocycles. The summed E-state index contributed by atoms with van der Waals surface area (Å²) >= 11 is 9.95. The van der Waals surface area contributed by atoms with Crippen LogP contribution in [0.25, 0.3) is 0 Å². The fourth-order valence-corrected chi connectivity index (χ4v) is 0.463. The summed E-state index contributed by atoms with van der Waals surface area (Å²) in [5.41, 5.74) is 0. The van der Waals surface area contributed by atoms with Crippen molar-refractivity contribution in [1.29, 1.82) is 0 Å². The molecule has 4 nitrogen and oxygen atoms in total. The Morgan fingerprint density at radius 2 is 1.05 bits per heavy atom. The molecule has 0 bridgehead atoms. The Kier molecular flexibility index (Phi) is 58.2. The van der Waals surface area contributed by atoms with Crippen LogP contribution in [-0.2, 0) is 9.59 Å². The molecule has 7 heteroatoms. The van der Waals surface area contributed by atoms with Crippen LogP contribution >= 0.6 is 23.2 Å². The fourth-order valence-electron chi connectivity index (χ4n) is 0.154. The first-order valence-electron chi connectivity index (χ1n) is 6.47. The predicted molar refractivity (Wildman–Crippen MR) is 87.0 cm³/mol. The summed E-state index contributed by atoms with van der Waals surface area (Å²) < 4.78 is 0. The van der Waals surface area contributed by atoms with Gasteiger partial charge in [0.2, 0.25) is 0 Å². The first-order valence-corrected chi connectivity index (χ1v) is 7.54. The molecular weight excluding hydrogens is 422 g/mol. The molecule has 0 unspecified atom stereocenters. The molecule has 0 atom stereocenters. The minimum atomic E-state index is -1.09. The minimum absolute atomic E-state index is 0. The van der Waals surface area contributed by atoms with E-state index in [0.29, 0.717) is 0 Å². The van der Waals surface area contributed by atoms with Crippen LogP contribution in [0.4, 0.5) is 0 Å². The van der Waals surface area contributed by atoms with Crippen molar-refractivity contribution in [2.24, 2.45) is 0 Å². The predicted octanol–water partition coefficient (Wildman–Crippen LogP) is 1.59. The minimum Gasteiger partial charge on any atom is -0.550 e. The van der Waals surface area contributed by atoms with Crippen molar-refractivity contribution in [3.63, 3.8) is 0 Å². The van der Waals surface area contributed by atoms with Crippen molar-refractivity contribution in [1.82, 2.24) is 0 Å². The van der Waals surface area contributed by atoms with Gasteiger partial charge in [-0.2, -0.15) is 0 Å². The van der Waals surface area contributed by atoms with Crippen molar-refractivity contribution in [3.8, 4) is 0 Å². The quantitative estimate of drug-likeness (QED) is 0.457. The molecule has 0 aromatic carbocycles. The van der Waals surface area contributed by atoms with Crippen molar-refractivity contribution in [3.05, 3.63) is 13.8 Å². The van der Waals surface area contributed by atoms with Crippen molar-refractivity contribution < 1.29 is 19.8 Å². The summed E-state index contributed by atoms with van der Waals surface area (Å²) in [4.78, 5) is 18.8. The summed E-state index contributed by atoms with van der Waals surface area (Å²) in [5.74, 6) is -1.90. The van der Waals surface area contributed by atoms with Gasteiger partial charge >= 0.3 is 23.9 Å². The first-order chi connectivity index (χ1) is 9.37. The average Bonchev–Trinajstić information content (AvgIpc) is 2.39. The number of rotatable bonds is 6. The van der Waals surface area contributed by atoms with Crippen molar-refractivity contribution >= 4 is 59.0 Å². The van der Waals surface area contributed by atoms with Crippen LogP contribution < -0.4 is 10.2 Å². The molecule has 0 spiro atoms. The molecule has 0 N–H and O–H groups in total.